The lowest BCUT2D eigenvalue weighted by atomic mass is 10.2. The molecular weight excluding hydrogens is 376 g/mol. The van der Waals surface area contributed by atoms with Crippen LogP contribution in [0.25, 0.3) is 0 Å². The summed E-state index contributed by atoms with van der Waals surface area (Å²) < 4.78 is 5.71. The topological polar surface area (TPSA) is 67.4 Å². The minimum atomic E-state index is -0.311. The lowest BCUT2D eigenvalue weighted by molar-refractivity contribution is -0.115. The third-order valence-corrected chi connectivity index (χ3v) is 4.30. The van der Waals surface area contributed by atoms with E-state index < -0.39 is 0 Å². The smallest absolute Gasteiger partial charge is 0.251 e. The summed E-state index contributed by atoms with van der Waals surface area (Å²) >= 11 is 6.11. The van der Waals surface area contributed by atoms with Crippen molar-refractivity contribution < 1.29 is 14.3 Å². The summed E-state index contributed by atoms with van der Waals surface area (Å²) in [6.07, 6.45) is 0. The van der Waals surface area contributed by atoms with Gasteiger partial charge in [-0.3, -0.25) is 9.59 Å². The fourth-order valence-corrected chi connectivity index (χ4v) is 2.66. The summed E-state index contributed by atoms with van der Waals surface area (Å²) in [5.74, 6) is 0.0587. The minimum absolute atomic E-state index is 0.113. The average Bonchev–Trinajstić information content (AvgIpc) is 2.73. The molecule has 0 heterocycles. The maximum Gasteiger partial charge on any atom is 0.251 e. The van der Waals surface area contributed by atoms with Crippen LogP contribution in [-0.4, -0.2) is 18.4 Å². The number of rotatable bonds is 7. The molecule has 2 N–H and O–H groups in total. The molecule has 0 atom stereocenters. The van der Waals surface area contributed by atoms with Crippen LogP contribution in [0.2, 0.25) is 5.02 Å². The summed E-state index contributed by atoms with van der Waals surface area (Å²) in [7, 11) is 0. The molecule has 28 heavy (non-hydrogen) atoms. The summed E-state index contributed by atoms with van der Waals surface area (Å²) in [4.78, 5) is 24.0. The van der Waals surface area contributed by atoms with Crippen molar-refractivity contribution in [1.29, 1.82) is 0 Å². The van der Waals surface area contributed by atoms with Crippen molar-refractivity contribution in [2.75, 3.05) is 11.9 Å². The molecule has 0 spiro atoms. The van der Waals surface area contributed by atoms with Gasteiger partial charge in [0.2, 0.25) is 5.91 Å². The van der Waals surface area contributed by atoms with Gasteiger partial charge in [-0.15, -0.1) is 0 Å². The summed E-state index contributed by atoms with van der Waals surface area (Å²) in [6, 6.07) is 23.2. The third-order valence-electron chi connectivity index (χ3n) is 3.94. The minimum Gasteiger partial charge on any atom is -0.489 e. The second-order valence-electron chi connectivity index (χ2n) is 6.00. The van der Waals surface area contributed by atoms with Crippen LogP contribution in [0.1, 0.15) is 15.9 Å². The third kappa shape index (κ3) is 5.59. The van der Waals surface area contributed by atoms with E-state index in [1.807, 2.05) is 30.3 Å². The number of hydrogen-bond acceptors (Lipinski definition) is 3. The molecule has 0 aliphatic heterocycles. The molecule has 0 aliphatic carbocycles. The number of hydrogen-bond donors (Lipinski definition) is 2. The summed E-state index contributed by atoms with van der Waals surface area (Å²) in [5, 5.41) is 5.97. The lowest BCUT2D eigenvalue weighted by Gasteiger charge is -2.10. The van der Waals surface area contributed by atoms with Crippen LogP contribution in [0.15, 0.2) is 78.9 Å². The first-order valence-electron chi connectivity index (χ1n) is 8.71. The molecule has 2 amide bonds. The first kappa shape index (κ1) is 19.5. The molecule has 3 aromatic rings. The zero-order valence-corrected chi connectivity index (χ0v) is 15.8. The number of benzene rings is 3. The van der Waals surface area contributed by atoms with Gasteiger partial charge in [0.15, 0.2) is 0 Å². The van der Waals surface area contributed by atoms with E-state index in [-0.39, 0.29) is 18.4 Å². The summed E-state index contributed by atoms with van der Waals surface area (Å²) in [5.41, 5.74) is 2.02. The van der Waals surface area contributed by atoms with E-state index in [4.69, 9.17) is 16.3 Å². The van der Waals surface area contributed by atoms with Crippen LogP contribution in [-0.2, 0) is 11.4 Å². The summed E-state index contributed by atoms with van der Waals surface area (Å²) in [6.45, 7) is 0.245. The molecule has 0 saturated carbocycles. The second kappa shape index (κ2) is 9.58. The van der Waals surface area contributed by atoms with E-state index in [2.05, 4.69) is 10.6 Å². The number of carbonyl (C=O) groups is 2. The van der Waals surface area contributed by atoms with Gasteiger partial charge in [0, 0.05) is 21.8 Å². The van der Waals surface area contributed by atoms with Crippen molar-refractivity contribution in [3.05, 3.63) is 95.0 Å². The first-order valence-corrected chi connectivity index (χ1v) is 9.09. The fourth-order valence-electron chi connectivity index (χ4n) is 2.47. The Morgan fingerprint density at radius 1 is 0.857 bits per heavy atom. The highest BCUT2D eigenvalue weighted by Gasteiger charge is 2.08. The second-order valence-corrected chi connectivity index (χ2v) is 6.41. The van der Waals surface area contributed by atoms with E-state index in [1.54, 1.807) is 48.5 Å². The van der Waals surface area contributed by atoms with Crippen molar-refractivity contribution in [3.63, 3.8) is 0 Å². The number of carbonyl (C=O) groups excluding carboxylic acids is 2. The van der Waals surface area contributed by atoms with Gasteiger partial charge in [-0.25, -0.2) is 0 Å². The number of halogens is 1. The number of amides is 2. The van der Waals surface area contributed by atoms with Crippen LogP contribution >= 0.6 is 11.6 Å². The Balaban J connectivity index is 1.46. The lowest BCUT2D eigenvalue weighted by Crippen LogP contribution is -2.32. The first-order chi connectivity index (χ1) is 13.6. The molecule has 0 fully saturated rings. The van der Waals surface area contributed by atoms with Gasteiger partial charge in [-0.1, -0.05) is 48.0 Å². The van der Waals surface area contributed by atoms with Crippen molar-refractivity contribution in [3.8, 4) is 5.75 Å². The Labute approximate surface area is 168 Å². The monoisotopic (exact) mass is 394 g/mol. The quantitative estimate of drug-likeness (QED) is 0.628. The maximum absolute atomic E-state index is 12.0. The van der Waals surface area contributed by atoms with Gasteiger partial charge in [0.1, 0.15) is 12.4 Å². The van der Waals surface area contributed by atoms with Crippen LogP contribution in [0, 0.1) is 0 Å². The maximum atomic E-state index is 12.0. The molecule has 3 aromatic carbocycles. The van der Waals surface area contributed by atoms with E-state index >= 15 is 0 Å². The highest BCUT2D eigenvalue weighted by atomic mass is 35.5. The van der Waals surface area contributed by atoms with Crippen LogP contribution in [0.3, 0.4) is 0 Å². The Bertz CT molecular complexity index is 944. The molecule has 6 heteroatoms. The fraction of sp³-hybridized carbons (Fsp3) is 0.0909. The average molecular weight is 395 g/mol. The zero-order valence-electron chi connectivity index (χ0n) is 15.0. The van der Waals surface area contributed by atoms with Crippen LogP contribution in [0.5, 0.6) is 5.75 Å². The van der Waals surface area contributed by atoms with Crippen molar-refractivity contribution in [2.45, 2.75) is 6.61 Å². The normalized spacial score (nSPS) is 10.2. The molecule has 0 saturated heterocycles. The van der Waals surface area contributed by atoms with E-state index in [9.17, 15) is 9.59 Å². The standard InChI is InChI=1S/C22H19ClN2O3/c23-20-9-5-4-8-17(20)15-28-19-12-10-18(11-13-19)25-21(26)14-24-22(27)16-6-2-1-3-7-16/h1-13H,14-15H2,(H,24,27)(H,25,26). The van der Waals surface area contributed by atoms with Crippen LogP contribution in [0.4, 0.5) is 5.69 Å². The number of nitrogens with one attached hydrogen (secondary N) is 2. The Hall–Kier alpha value is -3.31. The number of ether oxygens (including phenoxy) is 1. The highest BCUT2D eigenvalue weighted by Crippen LogP contribution is 2.20. The molecule has 0 aliphatic rings. The van der Waals surface area contributed by atoms with Gasteiger partial charge < -0.3 is 15.4 Å². The van der Waals surface area contributed by atoms with Gasteiger partial charge in [-0.2, -0.15) is 0 Å². The molecule has 0 unspecified atom stereocenters. The van der Waals surface area contributed by atoms with E-state index in [1.165, 1.54) is 0 Å². The van der Waals surface area contributed by atoms with Crippen molar-refractivity contribution in [1.82, 2.24) is 5.32 Å². The predicted octanol–water partition coefficient (Wildman–Crippen LogP) is 4.29. The molecule has 0 radical (unpaired) electrons. The van der Waals surface area contributed by atoms with Crippen molar-refractivity contribution >= 4 is 29.1 Å². The largest absolute Gasteiger partial charge is 0.489 e. The molecule has 5 nitrogen and oxygen atoms in total. The van der Waals surface area contributed by atoms with Gasteiger partial charge in [0.05, 0.1) is 6.54 Å². The van der Waals surface area contributed by atoms with E-state index in [0.717, 1.165) is 5.56 Å². The molecule has 0 aromatic heterocycles. The number of anilines is 1. The Morgan fingerprint density at radius 2 is 1.54 bits per heavy atom. The molecular formula is C22H19ClN2O3. The SMILES string of the molecule is O=C(CNC(=O)c1ccccc1)Nc1ccc(OCc2ccccc2Cl)cc1. The Kier molecular flexibility index (Phi) is 6.65. The van der Waals surface area contributed by atoms with Crippen molar-refractivity contribution in [2.24, 2.45) is 0 Å². The van der Waals surface area contributed by atoms with E-state index in [0.29, 0.717) is 28.6 Å². The zero-order chi connectivity index (χ0) is 19.8. The van der Waals surface area contributed by atoms with Crippen LogP contribution < -0.4 is 15.4 Å². The molecule has 0 bridgehead atoms. The van der Waals surface area contributed by atoms with Gasteiger partial charge in [0.25, 0.3) is 5.91 Å². The predicted molar refractivity (Wildman–Crippen MR) is 110 cm³/mol. The molecule has 142 valence electrons. The Morgan fingerprint density at radius 3 is 2.25 bits per heavy atom. The molecule has 3 rings (SSSR count). The highest BCUT2D eigenvalue weighted by molar-refractivity contribution is 6.31. The van der Waals surface area contributed by atoms with Gasteiger partial charge in [-0.05, 0) is 42.5 Å². The van der Waals surface area contributed by atoms with Gasteiger partial charge >= 0.3 is 0 Å².